The van der Waals surface area contributed by atoms with Crippen molar-refractivity contribution in [2.24, 2.45) is 0 Å². The fraction of sp³-hybridized carbons (Fsp3) is 0.280. The molecule has 0 amide bonds. The van der Waals surface area contributed by atoms with Crippen LogP contribution in [0, 0.1) is 19.7 Å². The first kappa shape index (κ1) is 18.7. The molecule has 4 rings (SSSR count). The Hall–Kier alpha value is -2.65. The zero-order valence-corrected chi connectivity index (χ0v) is 16.5. The Labute approximate surface area is 166 Å². The Morgan fingerprint density at radius 2 is 1.68 bits per heavy atom. The van der Waals surface area contributed by atoms with Crippen LogP contribution < -0.4 is 4.74 Å². The maximum absolute atomic E-state index is 13.8. The minimum absolute atomic E-state index is 0.254. The molecule has 0 radical (unpaired) electrons. The van der Waals surface area contributed by atoms with E-state index in [1.54, 1.807) is 18.2 Å². The van der Waals surface area contributed by atoms with E-state index in [2.05, 4.69) is 49.1 Å². The predicted octanol–water partition coefficient (Wildman–Crippen LogP) is 6.57. The van der Waals surface area contributed by atoms with Crippen LogP contribution in [0.1, 0.15) is 41.1 Å². The Morgan fingerprint density at radius 1 is 0.964 bits per heavy atom. The van der Waals surface area contributed by atoms with Crippen molar-refractivity contribution in [2.45, 2.75) is 39.3 Å². The van der Waals surface area contributed by atoms with Crippen LogP contribution in [-0.4, -0.2) is 11.4 Å². The summed E-state index contributed by atoms with van der Waals surface area (Å²) in [5.74, 6) is 0.561. The van der Waals surface area contributed by atoms with Crippen LogP contribution in [0.5, 0.6) is 11.5 Å². The molecule has 0 bridgehead atoms. The highest BCUT2D eigenvalue weighted by atomic mass is 19.1. The zero-order chi connectivity index (χ0) is 19.5. The molecule has 0 saturated carbocycles. The van der Waals surface area contributed by atoms with E-state index < -0.39 is 0 Å². The Morgan fingerprint density at radius 3 is 2.39 bits per heavy atom. The van der Waals surface area contributed by atoms with Crippen LogP contribution in [0.2, 0.25) is 0 Å². The molecule has 0 unspecified atom stereocenters. The number of hydrogen-bond acceptors (Lipinski definition) is 2. The summed E-state index contributed by atoms with van der Waals surface area (Å²) in [6, 6.07) is 21.8. The molecule has 28 heavy (non-hydrogen) atoms. The third-order valence-corrected chi connectivity index (χ3v) is 5.37. The number of likely N-dealkylation sites (tertiary alicyclic amines) is 1. The van der Waals surface area contributed by atoms with Gasteiger partial charge >= 0.3 is 0 Å². The minimum Gasteiger partial charge on any atom is -0.454 e. The SMILES string of the molecule is Cc1cc(C)cc([C@@H]2CCCN2Cc2ccc(Oc3ccccc3F)cc2)c1. The molecule has 0 aliphatic carbocycles. The van der Waals surface area contributed by atoms with Gasteiger partial charge in [-0.25, -0.2) is 4.39 Å². The van der Waals surface area contributed by atoms with Crippen molar-refractivity contribution < 1.29 is 9.13 Å². The number of para-hydroxylation sites is 1. The minimum atomic E-state index is -0.347. The number of benzene rings is 3. The van der Waals surface area contributed by atoms with E-state index in [-0.39, 0.29) is 11.6 Å². The van der Waals surface area contributed by atoms with Gasteiger partial charge in [0, 0.05) is 12.6 Å². The van der Waals surface area contributed by atoms with Gasteiger partial charge in [0.05, 0.1) is 0 Å². The van der Waals surface area contributed by atoms with E-state index in [1.165, 1.54) is 41.2 Å². The highest BCUT2D eigenvalue weighted by Gasteiger charge is 2.26. The maximum atomic E-state index is 13.8. The molecule has 0 N–H and O–H groups in total. The van der Waals surface area contributed by atoms with E-state index in [0.717, 1.165) is 13.1 Å². The maximum Gasteiger partial charge on any atom is 0.165 e. The standard InChI is InChI=1S/C25H26FNO/c1-18-14-19(2)16-21(15-18)24-7-5-13-27(24)17-20-9-11-22(12-10-20)28-25-8-4-3-6-23(25)26/h3-4,6,8-12,14-16,24H,5,7,13,17H2,1-2H3/t24-/m0/s1. The summed E-state index contributed by atoms with van der Waals surface area (Å²) in [5, 5.41) is 0. The lowest BCUT2D eigenvalue weighted by molar-refractivity contribution is 0.248. The van der Waals surface area contributed by atoms with E-state index in [4.69, 9.17) is 4.74 Å². The topological polar surface area (TPSA) is 12.5 Å². The summed E-state index contributed by atoms with van der Waals surface area (Å²) in [6.07, 6.45) is 2.43. The number of halogens is 1. The molecule has 0 aromatic heterocycles. The molecule has 2 nitrogen and oxygen atoms in total. The third kappa shape index (κ3) is 4.26. The normalized spacial score (nSPS) is 17.0. The van der Waals surface area contributed by atoms with Gasteiger partial charge in [-0.1, -0.05) is 53.6 Å². The van der Waals surface area contributed by atoms with E-state index in [0.29, 0.717) is 11.8 Å². The lowest BCUT2D eigenvalue weighted by Crippen LogP contribution is -2.22. The third-order valence-electron chi connectivity index (χ3n) is 5.37. The number of nitrogens with zero attached hydrogens (tertiary/aromatic N) is 1. The molecule has 1 atom stereocenters. The monoisotopic (exact) mass is 375 g/mol. The number of aryl methyl sites for hydroxylation is 2. The van der Waals surface area contributed by atoms with Crippen LogP contribution in [0.15, 0.2) is 66.7 Å². The van der Waals surface area contributed by atoms with E-state index >= 15 is 0 Å². The van der Waals surface area contributed by atoms with Crippen LogP contribution in [0.3, 0.4) is 0 Å². The van der Waals surface area contributed by atoms with Crippen molar-refractivity contribution >= 4 is 0 Å². The van der Waals surface area contributed by atoms with Crippen molar-refractivity contribution in [1.82, 2.24) is 4.90 Å². The molecule has 1 saturated heterocycles. The van der Waals surface area contributed by atoms with Gasteiger partial charge in [-0.2, -0.15) is 0 Å². The summed E-state index contributed by atoms with van der Waals surface area (Å²) >= 11 is 0. The summed E-state index contributed by atoms with van der Waals surface area (Å²) in [4.78, 5) is 2.56. The Bertz CT molecular complexity index is 931. The molecular weight excluding hydrogens is 349 g/mol. The fourth-order valence-corrected chi connectivity index (χ4v) is 4.15. The van der Waals surface area contributed by atoms with Crippen LogP contribution in [0.25, 0.3) is 0 Å². The largest absolute Gasteiger partial charge is 0.454 e. The number of ether oxygens (including phenoxy) is 1. The van der Waals surface area contributed by atoms with Crippen molar-refractivity contribution in [3.8, 4) is 11.5 Å². The van der Waals surface area contributed by atoms with Crippen molar-refractivity contribution in [3.63, 3.8) is 0 Å². The molecule has 1 heterocycles. The first-order valence-corrected chi connectivity index (χ1v) is 9.92. The quantitative estimate of drug-likeness (QED) is 0.500. The Balaban J connectivity index is 1.45. The molecule has 3 aromatic rings. The molecule has 1 fully saturated rings. The second-order valence-electron chi connectivity index (χ2n) is 7.73. The van der Waals surface area contributed by atoms with Gasteiger partial charge in [0.15, 0.2) is 11.6 Å². The first-order valence-electron chi connectivity index (χ1n) is 9.92. The summed E-state index contributed by atoms with van der Waals surface area (Å²) in [7, 11) is 0. The second kappa shape index (κ2) is 8.15. The van der Waals surface area contributed by atoms with Crippen LogP contribution in [-0.2, 0) is 6.54 Å². The molecule has 1 aliphatic rings. The molecular formula is C25H26FNO. The van der Waals surface area contributed by atoms with Crippen LogP contribution >= 0.6 is 0 Å². The summed E-state index contributed by atoms with van der Waals surface area (Å²) < 4.78 is 19.4. The van der Waals surface area contributed by atoms with Gasteiger partial charge in [-0.3, -0.25) is 4.90 Å². The van der Waals surface area contributed by atoms with E-state index in [9.17, 15) is 4.39 Å². The zero-order valence-electron chi connectivity index (χ0n) is 16.5. The first-order chi connectivity index (χ1) is 13.6. The molecule has 144 valence electrons. The number of rotatable bonds is 5. The van der Waals surface area contributed by atoms with Gasteiger partial charge < -0.3 is 4.74 Å². The van der Waals surface area contributed by atoms with Crippen molar-refractivity contribution in [1.29, 1.82) is 0 Å². The smallest absolute Gasteiger partial charge is 0.165 e. The molecule has 0 spiro atoms. The number of hydrogen-bond donors (Lipinski definition) is 0. The lowest BCUT2D eigenvalue weighted by Gasteiger charge is -2.25. The molecule has 3 aromatic carbocycles. The summed E-state index contributed by atoms with van der Waals surface area (Å²) in [5.41, 5.74) is 5.33. The highest BCUT2D eigenvalue weighted by molar-refractivity contribution is 5.34. The van der Waals surface area contributed by atoms with Gasteiger partial charge in [-0.15, -0.1) is 0 Å². The van der Waals surface area contributed by atoms with Gasteiger partial charge in [0.25, 0.3) is 0 Å². The van der Waals surface area contributed by atoms with Crippen molar-refractivity contribution in [2.75, 3.05) is 6.54 Å². The predicted molar refractivity (Wildman–Crippen MR) is 111 cm³/mol. The molecule has 1 aliphatic heterocycles. The summed E-state index contributed by atoms with van der Waals surface area (Å²) in [6.45, 7) is 6.37. The average Bonchev–Trinajstić information content (AvgIpc) is 3.12. The second-order valence-corrected chi connectivity index (χ2v) is 7.73. The van der Waals surface area contributed by atoms with Crippen molar-refractivity contribution in [3.05, 3.63) is 94.8 Å². The van der Waals surface area contributed by atoms with E-state index in [1.807, 2.05) is 12.1 Å². The Kier molecular flexibility index (Phi) is 5.45. The average molecular weight is 375 g/mol. The van der Waals surface area contributed by atoms with Gasteiger partial charge in [0.1, 0.15) is 5.75 Å². The van der Waals surface area contributed by atoms with Gasteiger partial charge in [0.2, 0.25) is 0 Å². The molecule has 3 heteroatoms. The highest BCUT2D eigenvalue weighted by Crippen LogP contribution is 2.34. The van der Waals surface area contributed by atoms with Crippen LogP contribution in [0.4, 0.5) is 4.39 Å². The lowest BCUT2D eigenvalue weighted by atomic mass is 9.99. The fourth-order valence-electron chi connectivity index (χ4n) is 4.15. The van der Waals surface area contributed by atoms with Gasteiger partial charge in [-0.05, 0) is 68.6 Å².